The molecule has 1 aliphatic carbocycles. The van der Waals surface area contributed by atoms with Crippen molar-refractivity contribution in [2.75, 3.05) is 33.9 Å². The quantitative estimate of drug-likeness (QED) is 0.584. The molecule has 0 spiro atoms. The summed E-state index contributed by atoms with van der Waals surface area (Å²) in [4.78, 5) is 35.8. The lowest BCUT2D eigenvalue weighted by atomic mass is 10.2. The Morgan fingerprint density at radius 1 is 1.29 bits per heavy atom. The zero-order valence-corrected chi connectivity index (χ0v) is 12.3. The van der Waals surface area contributed by atoms with E-state index in [1.54, 1.807) is 0 Å². The maximum atomic E-state index is 12.1. The third kappa shape index (κ3) is 5.99. The highest BCUT2D eigenvalue weighted by molar-refractivity contribution is 5.83. The van der Waals surface area contributed by atoms with Crippen LogP contribution in [0.4, 0.5) is 4.79 Å². The number of carboxylic acids is 1. The van der Waals surface area contributed by atoms with Gasteiger partial charge in [0.1, 0.15) is 6.04 Å². The summed E-state index contributed by atoms with van der Waals surface area (Å²) in [6, 6.07) is -1.38. The lowest BCUT2D eigenvalue weighted by molar-refractivity contribution is -0.141. The van der Waals surface area contributed by atoms with Gasteiger partial charge in [-0.05, 0) is 18.8 Å². The van der Waals surface area contributed by atoms with Gasteiger partial charge in [-0.1, -0.05) is 0 Å². The predicted octanol–water partition coefficient (Wildman–Crippen LogP) is 0.0707. The molecule has 2 amide bonds. The normalized spacial score (nSPS) is 15.1. The molecule has 21 heavy (non-hydrogen) atoms. The Bertz CT molecular complexity index is 383. The van der Waals surface area contributed by atoms with Crippen LogP contribution in [-0.2, 0) is 19.1 Å². The van der Waals surface area contributed by atoms with Gasteiger partial charge in [0, 0.05) is 20.2 Å². The van der Waals surface area contributed by atoms with Gasteiger partial charge in [-0.25, -0.2) is 9.59 Å². The van der Waals surface area contributed by atoms with Gasteiger partial charge in [0.25, 0.3) is 0 Å². The molecule has 0 aromatic carbocycles. The molecule has 8 heteroatoms. The Hall–Kier alpha value is -1.83. The number of carbonyl (C=O) groups is 3. The molecule has 8 nitrogen and oxygen atoms in total. The van der Waals surface area contributed by atoms with Gasteiger partial charge in [0.2, 0.25) is 0 Å². The summed E-state index contributed by atoms with van der Waals surface area (Å²) in [5.41, 5.74) is 0. The second-order valence-electron chi connectivity index (χ2n) is 4.91. The topological polar surface area (TPSA) is 105 Å². The minimum absolute atomic E-state index is 0.00340. The first kappa shape index (κ1) is 17.2. The fraction of sp³-hybridized carbons (Fsp3) is 0.769. The second-order valence-corrected chi connectivity index (χ2v) is 4.91. The van der Waals surface area contributed by atoms with Crippen molar-refractivity contribution in [3.8, 4) is 0 Å². The summed E-state index contributed by atoms with van der Waals surface area (Å²) >= 11 is 0. The molecule has 120 valence electrons. The van der Waals surface area contributed by atoms with Crippen molar-refractivity contribution in [2.45, 2.75) is 25.3 Å². The Morgan fingerprint density at radius 3 is 2.43 bits per heavy atom. The summed E-state index contributed by atoms with van der Waals surface area (Å²) in [6.07, 6.45) is 1.66. The first-order valence-corrected chi connectivity index (χ1v) is 6.83. The second kappa shape index (κ2) is 8.46. The number of nitrogens with zero attached hydrogens (tertiary/aromatic N) is 1. The maximum absolute atomic E-state index is 12.1. The average molecular weight is 302 g/mol. The van der Waals surface area contributed by atoms with E-state index in [1.165, 1.54) is 19.1 Å². The third-order valence-electron chi connectivity index (χ3n) is 3.30. The molecule has 1 saturated carbocycles. The molecule has 0 saturated heterocycles. The van der Waals surface area contributed by atoms with Crippen LogP contribution in [-0.4, -0.2) is 67.9 Å². The third-order valence-corrected chi connectivity index (χ3v) is 3.30. The largest absolute Gasteiger partial charge is 0.480 e. The number of ether oxygens (including phenoxy) is 2. The molecular formula is C13H22N2O6. The van der Waals surface area contributed by atoms with Gasteiger partial charge >= 0.3 is 18.0 Å². The molecule has 1 atom stereocenters. The number of carboxylic acid groups (broad SMARTS) is 1. The zero-order valence-electron chi connectivity index (χ0n) is 12.3. The smallest absolute Gasteiger partial charge is 0.326 e. The highest BCUT2D eigenvalue weighted by atomic mass is 16.5. The Kier molecular flexibility index (Phi) is 6.93. The Labute approximate surface area is 123 Å². The van der Waals surface area contributed by atoms with E-state index < -0.39 is 24.0 Å². The minimum Gasteiger partial charge on any atom is -0.480 e. The number of rotatable bonds is 9. The summed E-state index contributed by atoms with van der Waals surface area (Å²) in [6.45, 7) is 0.727. The number of methoxy groups -OCH3 is 2. The number of carbonyl (C=O) groups excluding carboxylic acids is 2. The average Bonchev–Trinajstić information content (AvgIpc) is 3.28. The molecule has 0 aromatic heterocycles. The highest BCUT2D eigenvalue weighted by Gasteiger charge is 2.38. The summed E-state index contributed by atoms with van der Waals surface area (Å²) in [7, 11) is 2.77. The van der Waals surface area contributed by atoms with E-state index in [1.807, 2.05) is 0 Å². The van der Waals surface area contributed by atoms with Crippen LogP contribution in [0.1, 0.15) is 19.3 Å². The number of nitrogens with one attached hydrogen (secondary N) is 1. The molecule has 0 aromatic rings. The molecule has 0 heterocycles. The van der Waals surface area contributed by atoms with Crippen LogP contribution in [0.3, 0.4) is 0 Å². The van der Waals surface area contributed by atoms with Crippen LogP contribution in [0.2, 0.25) is 0 Å². The number of urea groups is 1. The standard InChI is InChI=1S/C13H22N2O6/c1-20-8-7-15(6-5-10(16)21-2)13(19)14-11(12(17)18)9-3-4-9/h9,11H,3-8H2,1-2H3,(H,14,19)(H,17,18). The number of hydrogen-bond donors (Lipinski definition) is 2. The molecule has 2 N–H and O–H groups in total. The molecule has 1 unspecified atom stereocenters. The van der Waals surface area contributed by atoms with Gasteiger partial charge in [-0.3, -0.25) is 4.79 Å². The van der Waals surface area contributed by atoms with Crippen molar-refractivity contribution in [1.82, 2.24) is 10.2 Å². The van der Waals surface area contributed by atoms with E-state index in [9.17, 15) is 14.4 Å². The van der Waals surface area contributed by atoms with Crippen LogP contribution in [0, 0.1) is 5.92 Å². The zero-order chi connectivity index (χ0) is 15.8. The molecule has 0 radical (unpaired) electrons. The van der Waals surface area contributed by atoms with E-state index in [0.717, 1.165) is 12.8 Å². The lowest BCUT2D eigenvalue weighted by Gasteiger charge is -2.24. The molecule has 1 rings (SSSR count). The Balaban J connectivity index is 2.55. The van der Waals surface area contributed by atoms with Crippen molar-refractivity contribution in [3.63, 3.8) is 0 Å². The number of hydrogen-bond acceptors (Lipinski definition) is 5. The molecule has 1 aliphatic rings. The lowest BCUT2D eigenvalue weighted by Crippen LogP contribution is -2.50. The van der Waals surface area contributed by atoms with Crippen molar-refractivity contribution in [3.05, 3.63) is 0 Å². The number of aliphatic carboxylic acids is 1. The first-order valence-electron chi connectivity index (χ1n) is 6.83. The number of esters is 1. The minimum atomic E-state index is -1.04. The van der Waals surface area contributed by atoms with Crippen molar-refractivity contribution >= 4 is 18.0 Å². The fourth-order valence-electron chi connectivity index (χ4n) is 1.88. The predicted molar refractivity (Wildman–Crippen MR) is 72.8 cm³/mol. The molecule has 0 aliphatic heterocycles. The van der Waals surface area contributed by atoms with E-state index in [4.69, 9.17) is 9.84 Å². The van der Waals surface area contributed by atoms with Gasteiger partial charge < -0.3 is 24.8 Å². The fourth-order valence-corrected chi connectivity index (χ4v) is 1.88. The van der Waals surface area contributed by atoms with Crippen molar-refractivity contribution < 1.29 is 29.0 Å². The number of amides is 2. The van der Waals surface area contributed by atoms with Crippen LogP contribution in [0.5, 0.6) is 0 Å². The SMILES string of the molecule is COCCN(CCC(=O)OC)C(=O)NC(C(=O)O)C1CC1. The van der Waals surface area contributed by atoms with Crippen molar-refractivity contribution in [2.24, 2.45) is 5.92 Å². The summed E-state index contributed by atoms with van der Waals surface area (Å²) < 4.78 is 9.44. The van der Waals surface area contributed by atoms with Gasteiger partial charge in [-0.15, -0.1) is 0 Å². The summed E-state index contributed by atoms with van der Waals surface area (Å²) in [5, 5.41) is 11.6. The maximum Gasteiger partial charge on any atom is 0.326 e. The van der Waals surface area contributed by atoms with Gasteiger partial charge in [0.15, 0.2) is 0 Å². The van der Waals surface area contributed by atoms with E-state index in [-0.39, 0.29) is 25.4 Å². The van der Waals surface area contributed by atoms with Crippen molar-refractivity contribution in [1.29, 1.82) is 0 Å². The molecular weight excluding hydrogens is 280 g/mol. The molecule has 1 fully saturated rings. The first-order chi connectivity index (χ1) is 9.99. The summed E-state index contributed by atoms with van der Waals surface area (Å²) in [5.74, 6) is -1.47. The highest BCUT2D eigenvalue weighted by Crippen LogP contribution is 2.32. The molecule has 0 bridgehead atoms. The van der Waals surface area contributed by atoms with E-state index >= 15 is 0 Å². The van der Waals surface area contributed by atoms with E-state index in [2.05, 4.69) is 10.1 Å². The van der Waals surface area contributed by atoms with Crippen LogP contribution < -0.4 is 5.32 Å². The monoisotopic (exact) mass is 302 g/mol. The van der Waals surface area contributed by atoms with Gasteiger partial charge in [-0.2, -0.15) is 0 Å². The van der Waals surface area contributed by atoms with Gasteiger partial charge in [0.05, 0.1) is 20.1 Å². The van der Waals surface area contributed by atoms with Crippen LogP contribution in [0.15, 0.2) is 0 Å². The van der Waals surface area contributed by atoms with Crippen LogP contribution >= 0.6 is 0 Å². The Morgan fingerprint density at radius 2 is 1.95 bits per heavy atom. The van der Waals surface area contributed by atoms with Crippen LogP contribution in [0.25, 0.3) is 0 Å². The van der Waals surface area contributed by atoms with E-state index in [0.29, 0.717) is 6.61 Å².